The molecule has 4 rings (SSSR count). The Kier molecular flexibility index (Phi) is 4.42. The number of rotatable bonds is 4. The molecule has 1 N–H and O–H groups in total. The predicted molar refractivity (Wildman–Crippen MR) is 104 cm³/mol. The lowest BCUT2D eigenvalue weighted by atomic mass is 10.2. The highest BCUT2D eigenvalue weighted by molar-refractivity contribution is 7.22. The van der Waals surface area contributed by atoms with Crippen LogP contribution in [0.5, 0.6) is 0 Å². The standard InChI is InChI=1S/C18H17ClN4O2S/c1-11-7-14(17(24)25)21-23(11)10-12-8-13(19)9-15-16(12)20-18(26-15)22-5-3-2-4-6-22/h2-3,7-9H,4-6,10H2,1H3,(H,24,25). The Morgan fingerprint density at radius 2 is 2.19 bits per heavy atom. The molecule has 1 aliphatic heterocycles. The van der Waals surface area contributed by atoms with Crippen LogP contribution in [0.2, 0.25) is 5.02 Å². The zero-order chi connectivity index (χ0) is 18.3. The number of anilines is 1. The molecular weight excluding hydrogens is 372 g/mol. The summed E-state index contributed by atoms with van der Waals surface area (Å²) in [5, 5.41) is 14.9. The number of hydrogen-bond donors (Lipinski definition) is 1. The van der Waals surface area contributed by atoms with Crippen LogP contribution in [0.3, 0.4) is 0 Å². The van der Waals surface area contributed by atoms with Gasteiger partial charge < -0.3 is 10.0 Å². The van der Waals surface area contributed by atoms with E-state index >= 15 is 0 Å². The van der Waals surface area contributed by atoms with Gasteiger partial charge in [0.1, 0.15) is 0 Å². The fraction of sp³-hybridized carbons (Fsp3) is 0.278. The van der Waals surface area contributed by atoms with Gasteiger partial charge in [0.2, 0.25) is 0 Å². The van der Waals surface area contributed by atoms with Crippen LogP contribution < -0.4 is 4.90 Å². The summed E-state index contributed by atoms with van der Waals surface area (Å²) in [5.74, 6) is -1.03. The zero-order valence-electron chi connectivity index (χ0n) is 14.1. The summed E-state index contributed by atoms with van der Waals surface area (Å²) in [5.41, 5.74) is 2.66. The number of carbonyl (C=O) groups is 1. The summed E-state index contributed by atoms with van der Waals surface area (Å²) in [6.45, 7) is 4.09. The smallest absolute Gasteiger partial charge is 0.356 e. The Morgan fingerprint density at radius 3 is 2.88 bits per heavy atom. The predicted octanol–water partition coefficient (Wildman–Crippen LogP) is 3.97. The highest BCUT2D eigenvalue weighted by atomic mass is 35.5. The first-order valence-corrected chi connectivity index (χ1v) is 9.47. The lowest BCUT2D eigenvalue weighted by molar-refractivity contribution is 0.0689. The molecule has 0 atom stereocenters. The molecule has 0 amide bonds. The molecule has 26 heavy (non-hydrogen) atoms. The molecule has 6 nitrogen and oxygen atoms in total. The second kappa shape index (κ2) is 6.74. The zero-order valence-corrected chi connectivity index (χ0v) is 15.7. The number of aromatic nitrogens is 3. The molecule has 134 valence electrons. The number of aromatic carboxylic acids is 1. The van der Waals surface area contributed by atoms with Crippen molar-refractivity contribution in [1.82, 2.24) is 14.8 Å². The van der Waals surface area contributed by atoms with Crippen molar-refractivity contribution >= 4 is 44.3 Å². The van der Waals surface area contributed by atoms with Crippen LogP contribution in [0.1, 0.15) is 28.2 Å². The van der Waals surface area contributed by atoms with Gasteiger partial charge in [-0.15, -0.1) is 0 Å². The summed E-state index contributed by atoms with van der Waals surface area (Å²) in [7, 11) is 0. The van der Waals surface area contributed by atoms with Crippen molar-refractivity contribution in [3.05, 3.63) is 52.3 Å². The Bertz CT molecular complexity index is 1020. The first kappa shape index (κ1) is 17.1. The van der Waals surface area contributed by atoms with Crippen LogP contribution in [0.15, 0.2) is 30.4 Å². The van der Waals surface area contributed by atoms with Gasteiger partial charge in [-0.2, -0.15) is 5.10 Å². The van der Waals surface area contributed by atoms with E-state index in [-0.39, 0.29) is 5.69 Å². The van der Waals surface area contributed by atoms with Crippen molar-refractivity contribution in [3.8, 4) is 0 Å². The Labute approximate surface area is 159 Å². The monoisotopic (exact) mass is 388 g/mol. The van der Waals surface area contributed by atoms with E-state index in [4.69, 9.17) is 21.7 Å². The lowest BCUT2D eigenvalue weighted by Gasteiger charge is -2.22. The molecule has 0 bridgehead atoms. The number of thiazole rings is 1. The third-order valence-electron chi connectivity index (χ3n) is 4.38. The molecule has 0 unspecified atom stereocenters. The second-order valence-electron chi connectivity index (χ2n) is 6.25. The minimum atomic E-state index is -1.03. The van der Waals surface area contributed by atoms with Gasteiger partial charge in [-0.1, -0.05) is 35.1 Å². The molecule has 0 aliphatic carbocycles. The first-order chi connectivity index (χ1) is 12.5. The van der Waals surface area contributed by atoms with E-state index in [1.807, 2.05) is 19.1 Å². The van der Waals surface area contributed by atoms with Gasteiger partial charge in [0.25, 0.3) is 0 Å². The van der Waals surface area contributed by atoms with Crippen molar-refractivity contribution in [2.24, 2.45) is 0 Å². The highest BCUT2D eigenvalue weighted by Crippen LogP contribution is 2.34. The van der Waals surface area contributed by atoms with Crippen molar-refractivity contribution < 1.29 is 9.90 Å². The average Bonchev–Trinajstić information content (AvgIpc) is 3.20. The van der Waals surface area contributed by atoms with Crippen LogP contribution >= 0.6 is 22.9 Å². The summed E-state index contributed by atoms with van der Waals surface area (Å²) < 4.78 is 2.71. The third kappa shape index (κ3) is 3.20. The fourth-order valence-corrected chi connectivity index (χ4v) is 4.45. The number of carboxylic acids is 1. The van der Waals surface area contributed by atoms with E-state index in [9.17, 15) is 4.79 Å². The molecule has 8 heteroatoms. The maximum Gasteiger partial charge on any atom is 0.356 e. The minimum Gasteiger partial charge on any atom is -0.476 e. The number of hydrogen-bond acceptors (Lipinski definition) is 5. The van der Waals surface area contributed by atoms with Gasteiger partial charge in [-0.25, -0.2) is 9.78 Å². The maximum absolute atomic E-state index is 11.1. The van der Waals surface area contributed by atoms with E-state index in [2.05, 4.69) is 22.2 Å². The van der Waals surface area contributed by atoms with Gasteiger partial charge in [0.15, 0.2) is 10.8 Å². The van der Waals surface area contributed by atoms with Crippen LogP contribution in [0.25, 0.3) is 10.2 Å². The molecule has 0 saturated heterocycles. The van der Waals surface area contributed by atoms with Gasteiger partial charge in [0.05, 0.1) is 16.8 Å². The summed E-state index contributed by atoms with van der Waals surface area (Å²) in [4.78, 5) is 18.2. The van der Waals surface area contributed by atoms with E-state index in [1.165, 1.54) is 0 Å². The Balaban J connectivity index is 1.73. The quantitative estimate of drug-likeness (QED) is 0.685. The largest absolute Gasteiger partial charge is 0.476 e. The Hall–Kier alpha value is -2.38. The SMILES string of the molecule is Cc1cc(C(=O)O)nn1Cc1cc(Cl)cc2sc(N3CC=CCC3)nc12. The van der Waals surface area contributed by atoms with Gasteiger partial charge in [-0.05, 0) is 31.5 Å². The Morgan fingerprint density at radius 1 is 1.35 bits per heavy atom. The fourth-order valence-electron chi connectivity index (χ4n) is 3.06. The van der Waals surface area contributed by atoms with E-state index in [1.54, 1.807) is 22.1 Å². The molecule has 0 spiro atoms. The number of fused-ring (bicyclic) bond motifs is 1. The molecule has 1 aliphatic rings. The number of aryl methyl sites for hydroxylation is 1. The lowest BCUT2D eigenvalue weighted by Crippen LogP contribution is -2.26. The molecular formula is C18H17ClN4O2S. The normalized spacial score (nSPS) is 14.3. The summed E-state index contributed by atoms with van der Waals surface area (Å²) in [6, 6.07) is 5.38. The first-order valence-electron chi connectivity index (χ1n) is 8.28. The van der Waals surface area contributed by atoms with Gasteiger partial charge >= 0.3 is 5.97 Å². The van der Waals surface area contributed by atoms with Gasteiger partial charge in [-0.3, -0.25) is 4.68 Å². The molecule has 2 aromatic heterocycles. The summed E-state index contributed by atoms with van der Waals surface area (Å²) >= 11 is 7.94. The third-order valence-corrected chi connectivity index (χ3v) is 5.66. The van der Waals surface area contributed by atoms with Crippen molar-refractivity contribution in [2.75, 3.05) is 18.0 Å². The molecule has 3 aromatic rings. The minimum absolute atomic E-state index is 0.0415. The molecule has 0 fully saturated rings. The van der Waals surface area contributed by atoms with E-state index in [0.29, 0.717) is 11.6 Å². The number of nitrogens with zero attached hydrogens (tertiary/aromatic N) is 4. The van der Waals surface area contributed by atoms with E-state index in [0.717, 1.165) is 46.1 Å². The topological polar surface area (TPSA) is 71.2 Å². The van der Waals surface area contributed by atoms with Crippen molar-refractivity contribution in [1.29, 1.82) is 0 Å². The number of halogens is 1. The molecule has 0 radical (unpaired) electrons. The molecule has 0 saturated carbocycles. The van der Waals surface area contributed by atoms with Gasteiger partial charge in [0, 0.05) is 29.4 Å². The second-order valence-corrected chi connectivity index (χ2v) is 7.69. The highest BCUT2D eigenvalue weighted by Gasteiger charge is 2.17. The van der Waals surface area contributed by atoms with Crippen LogP contribution in [-0.4, -0.2) is 38.9 Å². The van der Waals surface area contributed by atoms with Crippen LogP contribution in [0.4, 0.5) is 5.13 Å². The summed E-state index contributed by atoms with van der Waals surface area (Å²) in [6.07, 6.45) is 5.37. The molecule has 1 aromatic carbocycles. The molecule has 3 heterocycles. The number of benzene rings is 1. The van der Waals surface area contributed by atoms with Crippen molar-refractivity contribution in [3.63, 3.8) is 0 Å². The van der Waals surface area contributed by atoms with Crippen molar-refractivity contribution in [2.45, 2.75) is 19.9 Å². The van der Waals surface area contributed by atoms with E-state index < -0.39 is 5.97 Å². The average molecular weight is 389 g/mol. The van der Waals surface area contributed by atoms with Crippen LogP contribution in [0, 0.1) is 6.92 Å². The van der Waals surface area contributed by atoms with Crippen LogP contribution in [-0.2, 0) is 6.54 Å². The number of carboxylic acid groups (broad SMARTS) is 1. The maximum atomic E-state index is 11.1.